The van der Waals surface area contributed by atoms with Gasteiger partial charge in [-0.25, -0.2) is 0 Å². The van der Waals surface area contributed by atoms with Gasteiger partial charge in [-0.1, -0.05) is 37.8 Å². The lowest BCUT2D eigenvalue weighted by molar-refractivity contribution is -0.153. The van der Waals surface area contributed by atoms with Crippen molar-refractivity contribution < 1.29 is 23.8 Å². The van der Waals surface area contributed by atoms with Gasteiger partial charge in [0.05, 0.1) is 20.6 Å². The maximum atomic E-state index is 12.7. The Labute approximate surface area is 165 Å². The number of rotatable bonds is 10. The van der Waals surface area contributed by atoms with Gasteiger partial charge in [0.25, 0.3) is 0 Å². The summed E-state index contributed by atoms with van der Waals surface area (Å²) in [6.45, 7) is 5.70. The number of benzene rings is 2. The number of carbonyl (C=O) groups is 2. The average Bonchev–Trinajstić information content (AvgIpc) is 2.72. The van der Waals surface area contributed by atoms with E-state index in [0.29, 0.717) is 24.2 Å². The fourth-order valence-corrected chi connectivity index (χ4v) is 2.74. The molecule has 28 heavy (non-hydrogen) atoms. The zero-order chi connectivity index (χ0) is 20.5. The van der Waals surface area contributed by atoms with Crippen molar-refractivity contribution in [3.05, 3.63) is 71.8 Å². The van der Waals surface area contributed by atoms with Crippen LogP contribution in [0, 0.1) is 0 Å². The maximum Gasteiger partial charge on any atom is 0.310 e. The molecule has 0 amide bonds. The van der Waals surface area contributed by atoms with E-state index >= 15 is 0 Å². The quantitative estimate of drug-likeness (QED) is 0.460. The van der Waals surface area contributed by atoms with Crippen LogP contribution in [-0.4, -0.2) is 32.1 Å². The van der Waals surface area contributed by atoms with Crippen molar-refractivity contribution >= 4 is 11.8 Å². The minimum atomic E-state index is -0.823. The minimum absolute atomic E-state index is 0.0960. The van der Waals surface area contributed by atoms with Gasteiger partial charge in [-0.3, -0.25) is 9.59 Å². The summed E-state index contributed by atoms with van der Waals surface area (Å²) in [5, 5.41) is 0. The van der Waals surface area contributed by atoms with Crippen LogP contribution < -0.4 is 9.47 Å². The van der Waals surface area contributed by atoms with Gasteiger partial charge >= 0.3 is 5.97 Å². The first-order valence-corrected chi connectivity index (χ1v) is 9.14. The number of Topliss-reactive ketones (excluding diaryl/α,β-unsaturated/α-hetero) is 1. The van der Waals surface area contributed by atoms with Crippen LogP contribution in [0.15, 0.2) is 60.7 Å². The largest absolute Gasteiger partial charge is 0.497 e. The Morgan fingerprint density at radius 3 is 1.75 bits per heavy atom. The third-order valence-corrected chi connectivity index (χ3v) is 4.37. The molecule has 0 spiro atoms. The topological polar surface area (TPSA) is 61.8 Å². The first kappa shape index (κ1) is 21.2. The average molecular weight is 382 g/mol. The summed E-state index contributed by atoms with van der Waals surface area (Å²) in [6.07, 6.45) is 0.0691. The van der Waals surface area contributed by atoms with E-state index < -0.39 is 12.1 Å². The molecule has 0 radical (unpaired) electrons. The zero-order valence-electron chi connectivity index (χ0n) is 16.6. The fraction of sp³-hybridized carbons (Fsp3) is 0.304. The van der Waals surface area contributed by atoms with Crippen molar-refractivity contribution in [2.24, 2.45) is 0 Å². The van der Waals surface area contributed by atoms with Gasteiger partial charge in [-0.15, -0.1) is 0 Å². The Morgan fingerprint density at radius 1 is 0.857 bits per heavy atom. The lowest BCUT2D eigenvalue weighted by Crippen LogP contribution is -2.29. The molecule has 0 aliphatic rings. The molecule has 5 heteroatoms. The molecule has 0 heterocycles. The number of hydrogen-bond acceptors (Lipinski definition) is 5. The highest BCUT2D eigenvalue weighted by Gasteiger charge is 2.23. The van der Waals surface area contributed by atoms with Crippen molar-refractivity contribution in [2.75, 3.05) is 14.2 Å². The van der Waals surface area contributed by atoms with E-state index in [2.05, 4.69) is 6.58 Å². The first-order chi connectivity index (χ1) is 13.5. The predicted octanol–water partition coefficient (Wildman–Crippen LogP) is 3.94. The minimum Gasteiger partial charge on any atom is -0.497 e. The number of carbonyl (C=O) groups excluding carboxylic acids is 2. The first-order valence-electron chi connectivity index (χ1n) is 9.14. The van der Waals surface area contributed by atoms with Crippen LogP contribution in [-0.2, 0) is 27.2 Å². The molecule has 2 rings (SSSR count). The molecule has 0 bridgehead atoms. The van der Waals surface area contributed by atoms with Crippen LogP contribution in [0.4, 0.5) is 0 Å². The lowest BCUT2D eigenvalue weighted by Gasteiger charge is -2.17. The van der Waals surface area contributed by atoms with Crippen LogP contribution in [0.1, 0.15) is 24.5 Å². The van der Waals surface area contributed by atoms with E-state index in [1.165, 1.54) is 0 Å². The van der Waals surface area contributed by atoms with Crippen LogP contribution in [0.5, 0.6) is 11.5 Å². The van der Waals surface area contributed by atoms with Gasteiger partial charge in [0.15, 0.2) is 11.9 Å². The van der Waals surface area contributed by atoms with E-state index in [1.807, 2.05) is 31.2 Å². The van der Waals surface area contributed by atoms with Gasteiger partial charge in [0.2, 0.25) is 0 Å². The van der Waals surface area contributed by atoms with E-state index in [9.17, 15) is 9.59 Å². The van der Waals surface area contributed by atoms with Crippen LogP contribution in [0.25, 0.3) is 0 Å². The summed E-state index contributed by atoms with van der Waals surface area (Å²) in [6, 6.07) is 14.6. The third kappa shape index (κ3) is 5.98. The predicted molar refractivity (Wildman–Crippen MR) is 108 cm³/mol. The van der Waals surface area contributed by atoms with Crippen molar-refractivity contribution in [3.63, 3.8) is 0 Å². The molecule has 1 atom stereocenters. The van der Waals surface area contributed by atoms with E-state index in [-0.39, 0.29) is 12.2 Å². The molecule has 148 valence electrons. The molecule has 0 fully saturated rings. The Balaban J connectivity index is 1.93. The van der Waals surface area contributed by atoms with Gasteiger partial charge in [0.1, 0.15) is 11.5 Å². The van der Waals surface area contributed by atoms with Crippen LogP contribution in [0.3, 0.4) is 0 Å². The number of methoxy groups -OCH3 is 2. The van der Waals surface area contributed by atoms with Gasteiger partial charge in [-0.05, 0) is 47.4 Å². The molecule has 2 aromatic carbocycles. The Hall–Kier alpha value is -3.08. The van der Waals surface area contributed by atoms with Gasteiger partial charge in [0, 0.05) is 6.42 Å². The number of hydrogen-bond donors (Lipinski definition) is 0. The molecular weight excluding hydrogens is 356 g/mol. The molecule has 0 aliphatic heterocycles. The van der Waals surface area contributed by atoms with E-state index in [4.69, 9.17) is 14.2 Å². The number of esters is 1. The molecule has 2 aromatic rings. The zero-order valence-corrected chi connectivity index (χ0v) is 16.6. The third-order valence-electron chi connectivity index (χ3n) is 4.37. The standard InChI is InChI=1S/C23H26O5/c1-5-21(28-22(24)15-18-8-12-20(27-4)13-9-18)23(25)16(2)14-17-6-10-19(26-3)11-7-17/h6-13,21H,2,5,14-15H2,1,3-4H3. The summed E-state index contributed by atoms with van der Waals surface area (Å²) in [7, 11) is 3.18. The van der Waals surface area contributed by atoms with Crippen LogP contribution in [0.2, 0.25) is 0 Å². The molecule has 0 N–H and O–H groups in total. The van der Waals surface area contributed by atoms with Crippen molar-refractivity contribution in [3.8, 4) is 11.5 Å². The lowest BCUT2D eigenvalue weighted by atomic mass is 9.99. The summed E-state index contributed by atoms with van der Waals surface area (Å²) >= 11 is 0. The SMILES string of the molecule is C=C(Cc1ccc(OC)cc1)C(=O)C(CC)OC(=O)Cc1ccc(OC)cc1. The molecule has 1 unspecified atom stereocenters. The highest BCUT2D eigenvalue weighted by atomic mass is 16.5. The summed E-state index contributed by atoms with van der Waals surface area (Å²) in [4.78, 5) is 24.9. The summed E-state index contributed by atoms with van der Waals surface area (Å²) in [5.41, 5.74) is 2.15. The molecule has 0 saturated heterocycles. The molecule has 0 aliphatic carbocycles. The normalized spacial score (nSPS) is 11.4. The monoisotopic (exact) mass is 382 g/mol. The molecule has 5 nitrogen and oxygen atoms in total. The second-order valence-electron chi connectivity index (χ2n) is 6.40. The van der Waals surface area contributed by atoms with Gasteiger partial charge in [-0.2, -0.15) is 0 Å². The molecule has 0 aromatic heterocycles. The molecule has 0 saturated carbocycles. The Morgan fingerprint density at radius 2 is 1.32 bits per heavy atom. The Kier molecular flexibility index (Phi) is 7.81. The maximum absolute atomic E-state index is 12.7. The number of ether oxygens (including phenoxy) is 3. The Bertz CT molecular complexity index is 806. The fourth-order valence-electron chi connectivity index (χ4n) is 2.74. The summed E-state index contributed by atoms with van der Waals surface area (Å²) in [5.74, 6) is 0.775. The second-order valence-corrected chi connectivity index (χ2v) is 6.40. The summed E-state index contributed by atoms with van der Waals surface area (Å²) < 4.78 is 15.6. The highest BCUT2D eigenvalue weighted by Crippen LogP contribution is 2.17. The van der Waals surface area contributed by atoms with Crippen molar-refractivity contribution in [1.29, 1.82) is 0 Å². The van der Waals surface area contributed by atoms with E-state index in [0.717, 1.165) is 16.9 Å². The van der Waals surface area contributed by atoms with Gasteiger partial charge < -0.3 is 14.2 Å². The van der Waals surface area contributed by atoms with E-state index in [1.54, 1.807) is 38.5 Å². The van der Waals surface area contributed by atoms with Crippen molar-refractivity contribution in [2.45, 2.75) is 32.3 Å². The number of ketones is 1. The second kappa shape index (κ2) is 10.3. The molecular formula is C23H26O5. The van der Waals surface area contributed by atoms with Crippen molar-refractivity contribution in [1.82, 2.24) is 0 Å². The smallest absolute Gasteiger partial charge is 0.310 e. The highest BCUT2D eigenvalue weighted by molar-refractivity contribution is 5.99. The van der Waals surface area contributed by atoms with Crippen LogP contribution >= 0.6 is 0 Å².